The largest absolute Gasteiger partial charge is 0.496 e. The lowest BCUT2D eigenvalue weighted by molar-refractivity contribution is 0.409. The summed E-state index contributed by atoms with van der Waals surface area (Å²) in [5.41, 5.74) is 8.78. The zero-order chi connectivity index (χ0) is 13.0. The van der Waals surface area contributed by atoms with Crippen LogP contribution in [0, 0.1) is 0 Å². The van der Waals surface area contributed by atoms with Crippen molar-refractivity contribution in [2.75, 3.05) is 12.8 Å². The highest BCUT2D eigenvalue weighted by Gasteiger charge is 2.06. The van der Waals surface area contributed by atoms with Gasteiger partial charge < -0.3 is 10.5 Å². The summed E-state index contributed by atoms with van der Waals surface area (Å²) in [4.78, 5) is 4.08. The molecule has 0 radical (unpaired) electrons. The maximum atomic E-state index is 5.99. The summed E-state index contributed by atoms with van der Waals surface area (Å²) in [7, 11) is 1.66. The van der Waals surface area contributed by atoms with E-state index in [1.807, 2.05) is 24.3 Å². The normalized spacial score (nSPS) is 10.3. The average molecular weight is 263 g/mol. The van der Waals surface area contributed by atoms with E-state index in [0.29, 0.717) is 5.02 Å². The fourth-order valence-electron chi connectivity index (χ4n) is 1.86. The van der Waals surface area contributed by atoms with Gasteiger partial charge in [0.15, 0.2) is 0 Å². The summed E-state index contributed by atoms with van der Waals surface area (Å²) in [6.45, 7) is 0. The number of anilines is 1. The van der Waals surface area contributed by atoms with Gasteiger partial charge in [-0.1, -0.05) is 11.6 Å². The smallest absolute Gasteiger partial charge is 0.122 e. The van der Waals surface area contributed by atoms with Crippen LogP contribution in [0.1, 0.15) is 11.1 Å². The molecule has 18 heavy (non-hydrogen) atoms. The zero-order valence-electron chi connectivity index (χ0n) is 10.2. The van der Waals surface area contributed by atoms with Gasteiger partial charge >= 0.3 is 0 Å². The van der Waals surface area contributed by atoms with Crippen LogP contribution < -0.4 is 10.5 Å². The molecule has 0 bridgehead atoms. The van der Waals surface area contributed by atoms with Crippen LogP contribution in [0.25, 0.3) is 0 Å². The van der Waals surface area contributed by atoms with Crippen LogP contribution in [0.2, 0.25) is 5.02 Å². The number of hydrogen-bond acceptors (Lipinski definition) is 3. The van der Waals surface area contributed by atoms with Crippen molar-refractivity contribution in [1.82, 2.24) is 4.98 Å². The van der Waals surface area contributed by atoms with Gasteiger partial charge in [0, 0.05) is 23.1 Å². The van der Waals surface area contributed by atoms with E-state index in [-0.39, 0.29) is 0 Å². The maximum absolute atomic E-state index is 5.99. The van der Waals surface area contributed by atoms with E-state index in [2.05, 4.69) is 4.98 Å². The third-order valence-electron chi connectivity index (χ3n) is 2.85. The molecule has 1 aromatic heterocycles. The first-order valence-electron chi connectivity index (χ1n) is 5.71. The first kappa shape index (κ1) is 12.7. The van der Waals surface area contributed by atoms with Crippen molar-refractivity contribution in [3.8, 4) is 5.75 Å². The van der Waals surface area contributed by atoms with Crippen molar-refractivity contribution in [2.24, 2.45) is 0 Å². The minimum Gasteiger partial charge on any atom is -0.496 e. The fourth-order valence-corrected chi connectivity index (χ4v) is 2.05. The molecule has 0 amide bonds. The predicted molar refractivity (Wildman–Crippen MR) is 74.1 cm³/mol. The second kappa shape index (κ2) is 5.74. The van der Waals surface area contributed by atoms with Crippen LogP contribution in [0.3, 0.4) is 0 Å². The second-order valence-corrected chi connectivity index (χ2v) is 4.47. The first-order chi connectivity index (χ1) is 8.70. The van der Waals surface area contributed by atoms with E-state index in [0.717, 1.165) is 35.4 Å². The summed E-state index contributed by atoms with van der Waals surface area (Å²) in [5, 5.41) is 0.713. The molecule has 0 aliphatic heterocycles. The average Bonchev–Trinajstić information content (AvgIpc) is 2.38. The Bertz CT molecular complexity index is 543. The summed E-state index contributed by atoms with van der Waals surface area (Å²) in [5.74, 6) is 0.849. The first-order valence-corrected chi connectivity index (χ1v) is 6.09. The third kappa shape index (κ3) is 2.93. The van der Waals surface area contributed by atoms with Crippen LogP contribution in [-0.2, 0) is 12.8 Å². The Kier molecular flexibility index (Phi) is 4.05. The number of aromatic nitrogens is 1. The maximum Gasteiger partial charge on any atom is 0.122 e. The number of ether oxygens (including phenoxy) is 1. The highest BCUT2D eigenvalue weighted by molar-refractivity contribution is 6.30. The molecule has 0 saturated carbocycles. The molecule has 0 unspecified atom stereocenters. The molecule has 0 spiro atoms. The molecule has 0 fully saturated rings. The highest BCUT2D eigenvalue weighted by Crippen LogP contribution is 2.24. The molecule has 0 atom stereocenters. The van der Waals surface area contributed by atoms with Gasteiger partial charge in [0.1, 0.15) is 5.75 Å². The van der Waals surface area contributed by atoms with Gasteiger partial charge in [0.25, 0.3) is 0 Å². The molecule has 0 aliphatic carbocycles. The lowest BCUT2D eigenvalue weighted by atomic mass is 10.0. The Morgan fingerprint density at radius 3 is 2.72 bits per heavy atom. The van der Waals surface area contributed by atoms with Crippen molar-refractivity contribution in [3.05, 3.63) is 52.8 Å². The third-order valence-corrected chi connectivity index (χ3v) is 3.08. The van der Waals surface area contributed by atoms with Crippen LogP contribution in [0.4, 0.5) is 5.69 Å². The van der Waals surface area contributed by atoms with Gasteiger partial charge in [-0.05, 0) is 48.2 Å². The molecule has 3 nitrogen and oxygen atoms in total. The lowest BCUT2D eigenvalue weighted by Gasteiger charge is -2.09. The van der Waals surface area contributed by atoms with Crippen LogP contribution in [0.5, 0.6) is 5.75 Å². The molecule has 2 N–H and O–H groups in total. The number of nitrogens with zero attached hydrogens (tertiary/aromatic N) is 1. The number of pyridine rings is 1. The molecule has 4 heteroatoms. The highest BCUT2D eigenvalue weighted by atomic mass is 35.5. The number of methoxy groups -OCH3 is 1. The standard InChI is InChI=1S/C14H15ClN2O/c1-18-14-5-4-12(15)8-10(14)2-3-11-9-17-7-6-13(11)16/h4-9H,2-3H2,1H3,(H2,16,17). The van der Waals surface area contributed by atoms with E-state index in [4.69, 9.17) is 22.1 Å². The molecule has 1 aromatic carbocycles. The van der Waals surface area contributed by atoms with Gasteiger partial charge in [-0.15, -0.1) is 0 Å². The van der Waals surface area contributed by atoms with E-state index >= 15 is 0 Å². The number of benzene rings is 1. The van der Waals surface area contributed by atoms with Gasteiger partial charge in [0.2, 0.25) is 0 Å². The van der Waals surface area contributed by atoms with Gasteiger partial charge in [0.05, 0.1) is 7.11 Å². The lowest BCUT2D eigenvalue weighted by Crippen LogP contribution is -1.99. The number of aryl methyl sites for hydroxylation is 2. The Hall–Kier alpha value is -1.74. The Morgan fingerprint density at radius 1 is 1.22 bits per heavy atom. The number of rotatable bonds is 4. The summed E-state index contributed by atoms with van der Waals surface area (Å²) >= 11 is 5.99. The number of hydrogen-bond donors (Lipinski definition) is 1. The molecular formula is C14H15ClN2O. The molecule has 94 valence electrons. The molecule has 0 saturated heterocycles. The number of nitrogens with two attached hydrogens (primary N) is 1. The van der Waals surface area contributed by atoms with E-state index in [1.54, 1.807) is 19.5 Å². The molecule has 0 aliphatic rings. The molecule has 2 rings (SSSR count). The topological polar surface area (TPSA) is 48.1 Å². The zero-order valence-corrected chi connectivity index (χ0v) is 10.9. The summed E-state index contributed by atoms with van der Waals surface area (Å²) < 4.78 is 5.31. The van der Waals surface area contributed by atoms with Crippen LogP contribution in [0.15, 0.2) is 36.7 Å². The van der Waals surface area contributed by atoms with Crippen molar-refractivity contribution in [2.45, 2.75) is 12.8 Å². The molecule has 1 heterocycles. The van der Waals surface area contributed by atoms with Gasteiger partial charge in [-0.3, -0.25) is 4.98 Å². The Labute approximate surface area is 112 Å². The number of nitrogen functional groups attached to an aromatic ring is 1. The van der Waals surface area contributed by atoms with E-state index in [1.165, 1.54) is 0 Å². The van der Waals surface area contributed by atoms with E-state index in [9.17, 15) is 0 Å². The molecular weight excluding hydrogens is 248 g/mol. The van der Waals surface area contributed by atoms with Crippen molar-refractivity contribution < 1.29 is 4.74 Å². The SMILES string of the molecule is COc1ccc(Cl)cc1CCc1cnccc1N. The van der Waals surface area contributed by atoms with E-state index < -0.39 is 0 Å². The van der Waals surface area contributed by atoms with Crippen LogP contribution in [-0.4, -0.2) is 12.1 Å². The van der Waals surface area contributed by atoms with Crippen LogP contribution >= 0.6 is 11.6 Å². The monoisotopic (exact) mass is 262 g/mol. The van der Waals surface area contributed by atoms with Crippen molar-refractivity contribution >= 4 is 17.3 Å². The number of halogens is 1. The van der Waals surface area contributed by atoms with Crippen molar-refractivity contribution in [3.63, 3.8) is 0 Å². The minimum absolute atomic E-state index is 0.713. The minimum atomic E-state index is 0.713. The second-order valence-electron chi connectivity index (χ2n) is 4.03. The predicted octanol–water partition coefficient (Wildman–Crippen LogP) is 3.11. The van der Waals surface area contributed by atoms with Crippen molar-refractivity contribution in [1.29, 1.82) is 0 Å². The summed E-state index contributed by atoms with van der Waals surface area (Å²) in [6.07, 6.45) is 5.13. The fraction of sp³-hybridized carbons (Fsp3) is 0.214. The summed E-state index contributed by atoms with van der Waals surface area (Å²) in [6, 6.07) is 7.43. The quantitative estimate of drug-likeness (QED) is 0.921. The van der Waals surface area contributed by atoms with Gasteiger partial charge in [-0.25, -0.2) is 0 Å². The van der Waals surface area contributed by atoms with Gasteiger partial charge in [-0.2, -0.15) is 0 Å². The molecule has 2 aromatic rings. The Morgan fingerprint density at radius 2 is 2.00 bits per heavy atom. The Balaban J connectivity index is 2.15.